The van der Waals surface area contributed by atoms with Crippen molar-refractivity contribution in [1.82, 2.24) is 15.0 Å². The zero-order valence-corrected chi connectivity index (χ0v) is 19.6. The van der Waals surface area contributed by atoms with Crippen molar-refractivity contribution in [2.24, 2.45) is 0 Å². The summed E-state index contributed by atoms with van der Waals surface area (Å²) in [6, 6.07) is 11.0. The Bertz CT molecular complexity index is 1390. The summed E-state index contributed by atoms with van der Waals surface area (Å²) in [6.07, 6.45) is -0.276. The minimum absolute atomic E-state index is 0.0173. The molecule has 3 aromatic rings. The number of rotatable bonds is 5. The number of benzene rings is 2. The molecule has 1 aromatic heterocycles. The summed E-state index contributed by atoms with van der Waals surface area (Å²) in [5, 5.41) is 13.1. The van der Waals surface area contributed by atoms with E-state index in [0.717, 1.165) is 35.6 Å². The largest absolute Gasteiger partial charge is 0.480 e. The second-order valence-corrected chi connectivity index (χ2v) is 9.15. The van der Waals surface area contributed by atoms with Gasteiger partial charge in [-0.1, -0.05) is 47.1 Å². The molecule has 2 aliphatic rings. The highest BCUT2D eigenvalue weighted by Gasteiger charge is 2.35. The van der Waals surface area contributed by atoms with Gasteiger partial charge in [0, 0.05) is 24.2 Å². The van der Waals surface area contributed by atoms with E-state index in [-0.39, 0.29) is 23.6 Å². The number of carboxylic acids is 1. The van der Waals surface area contributed by atoms with Crippen LogP contribution in [0.4, 0.5) is 13.2 Å². The van der Waals surface area contributed by atoms with Crippen molar-refractivity contribution < 1.29 is 27.6 Å². The molecule has 0 amide bonds. The van der Waals surface area contributed by atoms with Crippen LogP contribution in [0.2, 0.25) is 0 Å². The summed E-state index contributed by atoms with van der Waals surface area (Å²) in [5.74, 6) is -0.513. The quantitative estimate of drug-likeness (QED) is 0.468. The maximum Gasteiger partial charge on any atom is 0.417 e. The number of aryl methyl sites for hydroxylation is 1. The van der Waals surface area contributed by atoms with E-state index >= 15 is 0 Å². The minimum atomic E-state index is -4.56. The van der Waals surface area contributed by atoms with E-state index in [2.05, 4.69) is 10.1 Å². The molecule has 6 nitrogen and oxygen atoms in total. The standard InChI is InChI=1S/C27H24F3N3O3/c1-16-4-2-3-5-21(16)22-9-8-19(13-23(22)27(28,29)30)26-31-25(32-36-26)18-7-6-17-10-11-33(15-24(34)35)14-20(17)12-18/h2-5,8-9,12-13H,6-7,10-11,14-15H2,1H3,(H,34,35). The van der Waals surface area contributed by atoms with Gasteiger partial charge in [-0.2, -0.15) is 18.2 Å². The summed E-state index contributed by atoms with van der Waals surface area (Å²) in [7, 11) is 0. The third-order valence-electron chi connectivity index (χ3n) is 6.70. The van der Waals surface area contributed by atoms with E-state index in [1.165, 1.54) is 11.6 Å². The Morgan fingerprint density at radius 1 is 1.11 bits per heavy atom. The average Bonchev–Trinajstić information content (AvgIpc) is 3.33. The Kier molecular flexibility index (Phi) is 6.26. The van der Waals surface area contributed by atoms with Crippen molar-refractivity contribution in [3.63, 3.8) is 0 Å². The monoisotopic (exact) mass is 495 g/mol. The zero-order chi connectivity index (χ0) is 25.4. The third kappa shape index (κ3) is 4.83. The van der Waals surface area contributed by atoms with E-state index in [1.54, 1.807) is 37.3 Å². The van der Waals surface area contributed by atoms with Crippen LogP contribution in [0, 0.1) is 6.92 Å². The molecule has 0 bridgehead atoms. The van der Waals surface area contributed by atoms with Gasteiger partial charge in [0.1, 0.15) is 0 Å². The highest BCUT2D eigenvalue weighted by Crippen LogP contribution is 2.40. The van der Waals surface area contributed by atoms with Gasteiger partial charge in [0.25, 0.3) is 5.89 Å². The fourth-order valence-corrected chi connectivity index (χ4v) is 4.88. The SMILES string of the molecule is Cc1ccccc1-c1ccc(-c2nc(C3=CC4=C(CC3)CCN(CC(=O)O)C4)no2)cc1C(F)(F)F. The van der Waals surface area contributed by atoms with Gasteiger partial charge in [0.05, 0.1) is 12.1 Å². The fraction of sp³-hybridized carbons (Fsp3) is 0.296. The van der Waals surface area contributed by atoms with Gasteiger partial charge in [-0.15, -0.1) is 0 Å². The normalized spacial score (nSPS) is 16.6. The first-order valence-corrected chi connectivity index (χ1v) is 11.7. The van der Waals surface area contributed by atoms with Crippen LogP contribution in [-0.4, -0.2) is 45.8 Å². The van der Waals surface area contributed by atoms with Gasteiger partial charge in [-0.3, -0.25) is 9.69 Å². The summed E-state index contributed by atoms with van der Waals surface area (Å²) in [4.78, 5) is 17.4. The molecule has 9 heteroatoms. The van der Waals surface area contributed by atoms with Crippen LogP contribution in [0.15, 0.2) is 64.2 Å². The second-order valence-electron chi connectivity index (χ2n) is 9.15. The molecule has 1 aliphatic heterocycles. The van der Waals surface area contributed by atoms with Crippen molar-refractivity contribution in [2.45, 2.75) is 32.4 Å². The van der Waals surface area contributed by atoms with Crippen molar-refractivity contribution in [3.8, 4) is 22.6 Å². The maximum absolute atomic E-state index is 14.0. The van der Waals surface area contributed by atoms with Gasteiger partial charge in [0.2, 0.25) is 0 Å². The summed E-state index contributed by atoms with van der Waals surface area (Å²) >= 11 is 0. The summed E-state index contributed by atoms with van der Waals surface area (Å²) in [6.45, 7) is 3.00. The van der Waals surface area contributed by atoms with Crippen LogP contribution in [0.25, 0.3) is 28.2 Å². The lowest BCUT2D eigenvalue weighted by molar-refractivity contribution is -0.138. The Balaban J connectivity index is 1.45. The predicted octanol–water partition coefficient (Wildman–Crippen LogP) is 5.99. The molecule has 0 atom stereocenters. The van der Waals surface area contributed by atoms with E-state index in [0.29, 0.717) is 30.9 Å². The number of hydrogen-bond acceptors (Lipinski definition) is 5. The van der Waals surface area contributed by atoms with Gasteiger partial charge >= 0.3 is 12.1 Å². The Labute approximate surface area is 205 Å². The van der Waals surface area contributed by atoms with E-state index < -0.39 is 17.7 Å². The van der Waals surface area contributed by atoms with Crippen molar-refractivity contribution in [2.75, 3.05) is 19.6 Å². The van der Waals surface area contributed by atoms with Crippen LogP contribution in [-0.2, 0) is 11.0 Å². The number of nitrogens with zero attached hydrogens (tertiary/aromatic N) is 3. The molecule has 0 saturated carbocycles. The smallest absolute Gasteiger partial charge is 0.417 e. The topological polar surface area (TPSA) is 79.5 Å². The first-order chi connectivity index (χ1) is 17.2. The molecule has 0 fully saturated rings. The first kappa shape index (κ1) is 24.0. The van der Waals surface area contributed by atoms with Crippen LogP contribution in [0.5, 0.6) is 0 Å². The molecule has 0 radical (unpaired) electrons. The van der Waals surface area contributed by atoms with Gasteiger partial charge in [-0.25, -0.2) is 0 Å². The van der Waals surface area contributed by atoms with Gasteiger partial charge in [-0.05, 0) is 60.6 Å². The molecular weight excluding hydrogens is 471 g/mol. The van der Waals surface area contributed by atoms with E-state index in [9.17, 15) is 18.0 Å². The minimum Gasteiger partial charge on any atom is -0.480 e. The molecule has 0 unspecified atom stereocenters. The Morgan fingerprint density at radius 2 is 1.92 bits per heavy atom. The number of carboxylic acid groups (broad SMARTS) is 1. The lowest BCUT2D eigenvalue weighted by atomic mass is 9.87. The van der Waals surface area contributed by atoms with Crippen LogP contribution in [0.3, 0.4) is 0 Å². The molecular formula is C27H24F3N3O3. The predicted molar refractivity (Wildman–Crippen MR) is 128 cm³/mol. The molecule has 36 heavy (non-hydrogen) atoms. The maximum atomic E-state index is 14.0. The van der Waals surface area contributed by atoms with Crippen molar-refractivity contribution >= 4 is 11.5 Å². The molecule has 2 heterocycles. The molecule has 1 N–H and O–H groups in total. The Hall–Kier alpha value is -3.72. The number of halogens is 3. The van der Waals surface area contributed by atoms with Gasteiger partial charge < -0.3 is 9.63 Å². The second kappa shape index (κ2) is 9.39. The van der Waals surface area contributed by atoms with E-state index in [4.69, 9.17) is 9.63 Å². The number of hydrogen-bond donors (Lipinski definition) is 1. The Morgan fingerprint density at radius 3 is 2.67 bits per heavy atom. The third-order valence-corrected chi connectivity index (χ3v) is 6.70. The van der Waals surface area contributed by atoms with Gasteiger partial charge in [0.15, 0.2) is 5.82 Å². The first-order valence-electron chi connectivity index (χ1n) is 11.7. The number of carbonyl (C=O) groups is 1. The van der Waals surface area contributed by atoms with E-state index in [1.807, 2.05) is 11.0 Å². The molecule has 186 valence electrons. The number of aromatic nitrogens is 2. The summed E-state index contributed by atoms with van der Waals surface area (Å²) < 4.78 is 47.4. The van der Waals surface area contributed by atoms with Crippen LogP contribution in [0.1, 0.15) is 36.2 Å². The summed E-state index contributed by atoms with van der Waals surface area (Å²) in [5.41, 5.74) is 3.97. The lowest BCUT2D eigenvalue weighted by Gasteiger charge is -2.31. The van der Waals surface area contributed by atoms with Crippen molar-refractivity contribution in [1.29, 1.82) is 0 Å². The molecule has 5 rings (SSSR count). The highest BCUT2D eigenvalue weighted by atomic mass is 19.4. The highest BCUT2D eigenvalue weighted by molar-refractivity contribution is 5.75. The molecule has 2 aromatic carbocycles. The number of aliphatic carboxylic acids is 1. The van der Waals surface area contributed by atoms with Crippen molar-refractivity contribution in [3.05, 3.63) is 76.6 Å². The van der Waals surface area contributed by atoms with Crippen LogP contribution < -0.4 is 0 Å². The fourth-order valence-electron chi connectivity index (χ4n) is 4.88. The number of allylic oxidation sites excluding steroid dienone is 1. The average molecular weight is 496 g/mol. The number of alkyl halides is 3. The lowest BCUT2D eigenvalue weighted by Crippen LogP contribution is -2.36. The zero-order valence-electron chi connectivity index (χ0n) is 19.6. The molecule has 0 saturated heterocycles. The molecule has 0 spiro atoms. The van der Waals surface area contributed by atoms with Crippen LogP contribution >= 0.6 is 0 Å². The molecule has 1 aliphatic carbocycles.